The normalized spacial score (nSPS) is 23.9. The van der Waals surface area contributed by atoms with Gasteiger partial charge in [-0.25, -0.2) is 0 Å². The zero-order valence-electron chi connectivity index (χ0n) is 52.4. The van der Waals surface area contributed by atoms with Gasteiger partial charge in [0.05, 0.1) is 43.8 Å². The molecule has 1 aliphatic heterocycles. The number of unbranched alkanes of at least 4 members (excludes halogenated alkanes) is 12. The Labute approximate surface area is 520 Å². The molecule has 0 spiro atoms. The minimum Gasteiger partial charge on any atom is -0.393 e. The van der Waals surface area contributed by atoms with Gasteiger partial charge in [-0.3, -0.25) is 62.3 Å². The van der Waals surface area contributed by atoms with Crippen LogP contribution in [-0.4, -0.2) is 194 Å². The first kappa shape index (κ1) is 79.9. The van der Waals surface area contributed by atoms with Gasteiger partial charge in [-0.05, 0) is 59.3 Å². The fourth-order valence-electron chi connectivity index (χ4n) is 9.53. The van der Waals surface area contributed by atoms with Crippen LogP contribution < -0.4 is 70.4 Å². The molecule has 13 atom stereocenters. The Morgan fingerprint density at radius 1 is 0.438 bits per heavy atom. The van der Waals surface area contributed by atoms with Crippen LogP contribution in [0.25, 0.3) is 0 Å². The van der Waals surface area contributed by atoms with Gasteiger partial charge in [0.2, 0.25) is 76.8 Å². The van der Waals surface area contributed by atoms with Crippen molar-refractivity contribution in [1.29, 1.82) is 0 Å². The largest absolute Gasteiger partial charge is 0.393 e. The third-order valence-corrected chi connectivity index (χ3v) is 14.9. The molecule has 1 saturated heterocycles. The molecule has 21 N–H and O–H groups in total. The molecule has 1 heterocycles. The second-order valence-corrected chi connectivity index (χ2v) is 23.0. The first-order valence-electron chi connectivity index (χ1n) is 31.2. The van der Waals surface area contributed by atoms with E-state index < -0.39 is 188 Å². The number of carbonyl (C=O) groups is 13. The summed E-state index contributed by atoms with van der Waals surface area (Å²) in [7, 11) is 0. The van der Waals surface area contributed by atoms with Gasteiger partial charge in [0.1, 0.15) is 54.4 Å². The van der Waals surface area contributed by atoms with Crippen molar-refractivity contribution in [3.63, 3.8) is 0 Å². The van der Waals surface area contributed by atoms with Gasteiger partial charge in [-0.1, -0.05) is 110 Å². The third kappa shape index (κ3) is 34.5. The SMILES string of the molecule is CCCCCCCCC[C@H](O)CC[C@@H]1NC(=O)[C@H]([C@@H](C)O)NC(=O)[C@@H]([C@@H](C)O)NC(=O)[C@@H](C[C@H](O)C(N)=O)NC(=O)[C@@H](C)NC(=O)[C@H](CC(N)=O)NC(=O)[C@@H](CC(N)=O)NC(=O)[C@H](CCCCCCC[C@H](O)CCCCC)NC(=O)CCNC(=O)CNC1=O. The summed E-state index contributed by atoms with van der Waals surface area (Å²) in [6.45, 7) is 6.28. The molecule has 0 aliphatic carbocycles. The van der Waals surface area contributed by atoms with E-state index in [2.05, 4.69) is 67.0 Å². The molecule has 0 aromatic rings. The zero-order valence-corrected chi connectivity index (χ0v) is 52.4. The van der Waals surface area contributed by atoms with Crippen LogP contribution in [0.1, 0.15) is 195 Å². The van der Waals surface area contributed by atoms with Crippen LogP contribution in [0, 0.1) is 0 Å². The predicted octanol–water partition coefficient (Wildman–Crippen LogP) is -3.78. The maximum absolute atomic E-state index is 14.1. The highest BCUT2D eigenvalue weighted by molar-refractivity contribution is 6.00. The van der Waals surface area contributed by atoms with Crippen molar-refractivity contribution in [3.05, 3.63) is 0 Å². The Morgan fingerprint density at radius 2 is 0.843 bits per heavy atom. The number of aliphatic hydroxyl groups is 5. The first-order valence-corrected chi connectivity index (χ1v) is 31.2. The van der Waals surface area contributed by atoms with Gasteiger partial charge in [0.25, 0.3) is 0 Å². The summed E-state index contributed by atoms with van der Waals surface area (Å²) in [5.74, 6) is -14.9. The van der Waals surface area contributed by atoms with E-state index >= 15 is 0 Å². The number of primary amides is 3. The fourth-order valence-corrected chi connectivity index (χ4v) is 9.53. The van der Waals surface area contributed by atoms with Crippen LogP contribution in [0.5, 0.6) is 0 Å². The predicted molar refractivity (Wildman–Crippen MR) is 323 cm³/mol. The number of aliphatic hydroxyl groups excluding tert-OH is 5. The quantitative estimate of drug-likeness (QED) is 0.0288. The number of nitrogens with two attached hydrogens (primary N) is 3. The molecule has 31 nitrogen and oxygen atoms in total. The third-order valence-electron chi connectivity index (χ3n) is 14.9. The minimum absolute atomic E-state index is 0.0173. The fraction of sp³-hybridized carbons (Fsp3) is 0.776. The van der Waals surface area contributed by atoms with E-state index in [9.17, 15) is 87.9 Å². The standard InChI is InChI=1S/C58H103N13O18/c1-6-8-10-11-12-14-19-23-37(75)25-26-39-52(83)63-32-47(80)62-28-27-46(79)65-38(24-20-16-13-15-18-22-36(74)21-17-9-7-2)53(84)68-42(31-45(60)78)55(86)69-41(30-44(59)77)54(85)64-33(3)51(82)67-40(29-43(76)50(61)81)56(87)70-49(35(5)73)58(89)71-48(34(4)72)57(88)66-39/h33-43,48-49,72-76H,6-32H2,1-5H3,(H2,59,77)(H2,60,78)(H2,61,81)(H,62,80)(H,63,83)(H,64,85)(H,65,79)(H,66,88)(H,67,82)(H,68,84)(H,69,86)(H,70,87)(H,71,89)/t33-,34-,35-,36-,37+,38+,39+,40-,41+,42-,43+,48+,49-/m1/s1. The molecule has 1 rings (SSSR count). The summed E-state index contributed by atoms with van der Waals surface area (Å²) in [6, 6.07) is -14.4. The highest BCUT2D eigenvalue weighted by Crippen LogP contribution is 2.16. The van der Waals surface area contributed by atoms with Crippen molar-refractivity contribution < 1.29 is 87.9 Å². The van der Waals surface area contributed by atoms with Crippen LogP contribution in [0.4, 0.5) is 0 Å². The molecule has 1 fully saturated rings. The van der Waals surface area contributed by atoms with Gasteiger partial charge in [-0.2, -0.15) is 0 Å². The number of hydrogen-bond donors (Lipinski definition) is 18. The van der Waals surface area contributed by atoms with Gasteiger partial charge < -0.3 is 95.9 Å². The molecular formula is C58H103N13O18. The summed E-state index contributed by atoms with van der Waals surface area (Å²) in [5.41, 5.74) is 16.1. The van der Waals surface area contributed by atoms with E-state index in [-0.39, 0.29) is 25.8 Å². The van der Waals surface area contributed by atoms with Gasteiger partial charge in [-0.15, -0.1) is 0 Å². The monoisotopic (exact) mass is 1270 g/mol. The van der Waals surface area contributed by atoms with Crippen molar-refractivity contribution in [2.24, 2.45) is 17.2 Å². The van der Waals surface area contributed by atoms with Crippen molar-refractivity contribution >= 4 is 76.8 Å². The average molecular weight is 1270 g/mol. The van der Waals surface area contributed by atoms with Gasteiger partial charge >= 0.3 is 0 Å². The van der Waals surface area contributed by atoms with Crippen LogP contribution >= 0.6 is 0 Å². The number of hydrogen-bond acceptors (Lipinski definition) is 18. The molecule has 0 saturated carbocycles. The maximum Gasteiger partial charge on any atom is 0.246 e. The van der Waals surface area contributed by atoms with Gasteiger partial charge in [0, 0.05) is 19.4 Å². The van der Waals surface area contributed by atoms with E-state index in [0.717, 1.165) is 91.4 Å². The highest BCUT2D eigenvalue weighted by atomic mass is 16.3. The molecule has 0 aromatic carbocycles. The summed E-state index contributed by atoms with van der Waals surface area (Å²) in [5, 5.41) is 76.4. The molecule has 89 heavy (non-hydrogen) atoms. The molecule has 508 valence electrons. The number of rotatable bonds is 32. The Bertz CT molecular complexity index is 2300. The molecule has 0 radical (unpaired) electrons. The summed E-state index contributed by atoms with van der Waals surface area (Å²) < 4.78 is 0. The minimum atomic E-state index is -2.15. The topological polar surface area (TPSA) is 521 Å². The first-order chi connectivity index (χ1) is 42.0. The smallest absolute Gasteiger partial charge is 0.246 e. The van der Waals surface area contributed by atoms with Crippen LogP contribution in [0.3, 0.4) is 0 Å². The van der Waals surface area contributed by atoms with Crippen molar-refractivity contribution in [3.8, 4) is 0 Å². The Morgan fingerprint density at radius 3 is 1.36 bits per heavy atom. The Kier molecular flexibility index (Phi) is 39.8. The van der Waals surface area contributed by atoms with Crippen LogP contribution in [0.15, 0.2) is 0 Å². The molecule has 0 bridgehead atoms. The molecule has 0 unspecified atom stereocenters. The van der Waals surface area contributed by atoms with E-state index in [0.29, 0.717) is 44.9 Å². The zero-order chi connectivity index (χ0) is 67.2. The van der Waals surface area contributed by atoms with Gasteiger partial charge in [0.15, 0.2) is 0 Å². The lowest BCUT2D eigenvalue weighted by atomic mass is 10.0. The molecule has 0 aromatic heterocycles. The lowest BCUT2D eigenvalue weighted by Gasteiger charge is -2.29. The summed E-state index contributed by atoms with van der Waals surface area (Å²) in [4.78, 5) is 174. The van der Waals surface area contributed by atoms with Crippen molar-refractivity contribution in [2.75, 3.05) is 13.1 Å². The van der Waals surface area contributed by atoms with Crippen molar-refractivity contribution in [2.45, 2.75) is 274 Å². The second-order valence-electron chi connectivity index (χ2n) is 23.0. The molecule has 31 heteroatoms. The van der Waals surface area contributed by atoms with E-state index in [1.165, 1.54) is 0 Å². The van der Waals surface area contributed by atoms with E-state index in [1.54, 1.807) is 0 Å². The lowest BCUT2D eigenvalue weighted by molar-refractivity contribution is -0.139. The number of nitrogens with one attached hydrogen (secondary N) is 10. The van der Waals surface area contributed by atoms with E-state index in [4.69, 9.17) is 17.2 Å². The second kappa shape index (κ2) is 44.4. The van der Waals surface area contributed by atoms with E-state index in [1.807, 2.05) is 0 Å². The number of carbonyl (C=O) groups excluding carboxylic acids is 13. The Hall–Kier alpha value is -7.09. The van der Waals surface area contributed by atoms with Crippen LogP contribution in [0.2, 0.25) is 0 Å². The van der Waals surface area contributed by atoms with Crippen LogP contribution in [-0.2, 0) is 62.3 Å². The number of amides is 13. The average Bonchev–Trinajstić information content (AvgIpc) is 2.06. The lowest BCUT2D eigenvalue weighted by Crippen LogP contribution is -2.63. The summed E-state index contributed by atoms with van der Waals surface area (Å²) in [6.07, 6.45) is 3.88. The molecule has 1 aliphatic rings. The highest BCUT2D eigenvalue weighted by Gasteiger charge is 2.38. The molecular weight excluding hydrogens is 1170 g/mol. The molecule has 13 amide bonds. The summed E-state index contributed by atoms with van der Waals surface area (Å²) >= 11 is 0. The Balaban J connectivity index is 3.80. The van der Waals surface area contributed by atoms with Crippen molar-refractivity contribution in [1.82, 2.24) is 53.2 Å². The maximum atomic E-state index is 14.1.